The SMILES string of the molecule is CC(C)CCC[C@@H](C)[C@H]1CC[C@H]2[C@@H]3CC(=O)[C@H]4C[C@@H](O[Si](C)(C)C(C)(C)C)CC[C@]4(C)[C@H]3CC[C@]12C. The van der Waals surface area contributed by atoms with Crippen LogP contribution in [0.2, 0.25) is 18.1 Å². The number of fused-ring (bicyclic) bond motifs is 5. The van der Waals surface area contributed by atoms with Crippen LogP contribution in [-0.4, -0.2) is 20.2 Å². The Balaban J connectivity index is 1.46. The molecule has 208 valence electrons. The smallest absolute Gasteiger partial charge is 0.192 e. The van der Waals surface area contributed by atoms with Crippen molar-refractivity contribution in [2.45, 2.75) is 150 Å². The molecule has 0 unspecified atom stereocenters. The molecule has 0 radical (unpaired) electrons. The Hall–Kier alpha value is -0.153. The lowest BCUT2D eigenvalue weighted by Crippen LogP contribution is -2.58. The van der Waals surface area contributed by atoms with Crippen molar-refractivity contribution in [3.05, 3.63) is 0 Å². The molecule has 3 heteroatoms. The zero-order valence-corrected chi connectivity index (χ0v) is 26.7. The Kier molecular flexibility index (Phi) is 8.10. The summed E-state index contributed by atoms with van der Waals surface area (Å²) in [5.41, 5.74) is 0.667. The molecule has 0 aliphatic heterocycles. The minimum absolute atomic E-state index is 0.204. The number of rotatable bonds is 7. The zero-order valence-electron chi connectivity index (χ0n) is 25.7. The largest absolute Gasteiger partial charge is 0.414 e. The average Bonchev–Trinajstić information content (AvgIpc) is 3.11. The highest BCUT2D eigenvalue weighted by atomic mass is 28.4. The van der Waals surface area contributed by atoms with Gasteiger partial charge >= 0.3 is 0 Å². The second-order valence-electron chi connectivity index (χ2n) is 16.4. The molecule has 36 heavy (non-hydrogen) atoms. The van der Waals surface area contributed by atoms with Gasteiger partial charge in [-0.05, 0) is 109 Å². The van der Waals surface area contributed by atoms with Crippen molar-refractivity contribution in [3.63, 3.8) is 0 Å². The molecule has 0 aromatic carbocycles. The molecule has 4 aliphatic carbocycles. The Labute approximate surface area is 225 Å². The van der Waals surface area contributed by atoms with E-state index in [9.17, 15) is 4.79 Å². The molecule has 4 aliphatic rings. The van der Waals surface area contributed by atoms with Gasteiger partial charge in [-0.3, -0.25) is 4.79 Å². The highest BCUT2D eigenvalue weighted by Gasteiger charge is 2.62. The van der Waals surface area contributed by atoms with E-state index in [1.165, 1.54) is 51.4 Å². The predicted molar refractivity (Wildman–Crippen MR) is 156 cm³/mol. The van der Waals surface area contributed by atoms with Crippen molar-refractivity contribution in [3.8, 4) is 0 Å². The first kappa shape index (κ1) is 28.8. The first-order chi connectivity index (χ1) is 16.6. The molecular weight excluding hydrogens is 456 g/mol. The molecule has 0 saturated heterocycles. The summed E-state index contributed by atoms with van der Waals surface area (Å²) in [6.45, 7) is 24.2. The van der Waals surface area contributed by atoms with Crippen LogP contribution in [0.5, 0.6) is 0 Å². The minimum atomic E-state index is -1.80. The van der Waals surface area contributed by atoms with E-state index in [1.807, 2.05) is 0 Å². The van der Waals surface area contributed by atoms with Crippen LogP contribution in [0.4, 0.5) is 0 Å². The number of carbonyl (C=O) groups excluding carboxylic acids is 1. The van der Waals surface area contributed by atoms with E-state index in [-0.39, 0.29) is 16.4 Å². The Morgan fingerprint density at radius 1 is 0.944 bits per heavy atom. The number of ketones is 1. The number of hydrogen-bond donors (Lipinski definition) is 0. The molecular formula is C33H60O2Si. The molecule has 4 fully saturated rings. The third kappa shape index (κ3) is 5.07. The summed E-state index contributed by atoms with van der Waals surface area (Å²) < 4.78 is 6.88. The Morgan fingerprint density at radius 2 is 1.58 bits per heavy atom. The first-order valence-corrected chi connectivity index (χ1v) is 18.7. The van der Waals surface area contributed by atoms with Gasteiger partial charge in [-0.15, -0.1) is 0 Å². The van der Waals surface area contributed by atoms with Gasteiger partial charge in [-0.25, -0.2) is 0 Å². The maximum absolute atomic E-state index is 13.9. The van der Waals surface area contributed by atoms with Crippen molar-refractivity contribution in [2.24, 2.45) is 52.3 Å². The highest BCUT2D eigenvalue weighted by molar-refractivity contribution is 6.74. The number of carbonyl (C=O) groups is 1. The fraction of sp³-hybridized carbons (Fsp3) is 0.970. The molecule has 4 rings (SSSR count). The molecule has 0 aromatic rings. The van der Waals surface area contributed by atoms with Crippen LogP contribution in [0.1, 0.15) is 126 Å². The summed E-state index contributed by atoms with van der Waals surface area (Å²) in [6.07, 6.45) is 14.2. The highest BCUT2D eigenvalue weighted by Crippen LogP contribution is 2.68. The molecule has 0 amide bonds. The number of Topliss-reactive ketones (excluding diaryl/α,β-unsaturated/α-hetero) is 1. The monoisotopic (exact) mass is 516 g/mol. The minimum Gasteiger partial charge on any atom is -0.414 e. The van der Waals surface area contributed by atoms with Crippen LogP contribution >= 0.6 is 0 Å². The van der Waals surface area contributed by atoms with Crippen LogP contribution in [0.3, 0.4) is 0 Å². The summed E-state index contributed by atoms with van der Waals surface area (Å²) in [4.78, 5) is 13.9. The average molecular weight is 517 g/mol. The summed E-state index contributed by atoms with van der Waals surface area (Å²) in [5, 5.41) is 0.230. The van der Waals surface area contributed by atoms with Crippen molar-refractivity contribution < 1.29 is 9.22 Å². The standard InChI is InChI=1S/C33H60O2Si/c1-22(2)12-11-13-23(3)26-14-15-27-25-21-30(34)29-20-24(35-36(9,10)31(4,5)6)16-18-33(29,8)28(25)17-19-32(26,27)7/h22-29H,11-21H2,1-10H3/t23-,24+,25+,26-,27+,28+,29-,32-,33-/m1/s1. The van der Waals surface area contributed by atoms with Gasteiger partial charge in [0.05, 0.1) is 0 Å². The Bertz CT molecular complexity index is 796. The summed E-state index contributed by atoms with van der Waals surface area (Å²) in [7, 11) is -1.80. The maximum Gasteiger partial charge on any atom is 0.192 e. The van der Waals surface area contributed by atoms with Crippen molar-refractivity contribution in [1.29, 1.82) is 0 Å². The summed E-state index contributed by atoms with van der Waals surface area (Å²) in [6, 6.07) is 0. The van der Waals surface area contributed by atoms with E-state index in [0.717, 1.165) is 48.9 Å². The van der Waals surface area contributed by atoms with Gasteiger partial charge in [0, 0.05) is 18.4 Å². The maximum atomic E-state index is 13.9. The van der Waals surface area contributed by atoms with Crippen LogP contribution < -0.4 is 0 Å². The summed E-state index contributed by atoms with van der Waals surface area (Å²) in [5.74, 6) is 5.52. The second kappa shape index (κ2) is 10.1. The lowest BCUT2D eigenvalue weighted by Gasteiger charge is -2.61. The van der Waals surface area contributed by atoms with E-state index < -0.39 is 8.32 Å². The van der Waals surface area contributed by atoms with E-state index in [0.29, 0.717) is 23.2 Å². The van der Waals surface area contributed by atoms with Gasteiger partial charge in [-0.1, -0.05) is 74.7 Å². The van der Waals surface area contributed by atoms with Gasteiger partial charge in [0.15, 0.2) is 8.32 Å². The van der Waals surface area contributed by atoms with E-state index in [2.05, 4.69) is 68.5 Å². The fourth-order valence-corrected chi connectivity index (χ4v) is 11.1. The van der Waals surface area contributed by atoms with Crippen LogP contribution in [0.15, 0.2) is 0 Å². The molecule has 0 bridgehead atoms. The van der Waals surface area contributed by atoms with Crippen molar-refractivity contribution >= 4 is 14.1 Å². The molecule has 4 saturated carbocycles. The van der Waals surface area contributed by atoms with Crippen molar-refractivity contribution in [1.82, 2.24) is 0 Å². The second-order valence-corrected chi connectivity index (χ2v) is 21.2. The zero-order chi connectivity index (χ0) is 26.7. The molecule has 0 spiro atoms. The summed E-state index contributed by atoms with van der Waals surface area (Å²) >= 11 is 0. The Morgan fingerprint density at radius 3 is 2.22 bits per heavy atom. The van der Waals surface area contributed by atoms with Gasteiger partial charge in [0.2, 0.25) is 0 Å². The molecule has 9 atom stereocenters. The first-order valence-electron chi connectivity index (χ1n) is 15.8. The number of hydrogen-bond acceptors (Lipinski definition) is 2. The molecule has 0 aromatic heterocycles. The lowest BCUT2D eigenvalue weighted by molar-refractivity contribution is -0.159. The van der Waals surface area contributed by atoms with Gasteiger partial charge < -0.3 is 4.43 Å². The van der Waals surface area contributed by atoms with Crippen LogP contribution in [0.25, 0.3) is 0 Å². The van der Waals surface area contributed by atoms with Gasteiger partial charge in [0.1, 0.15) is 5.78 Å². The van der Waals surface area contributed by atoms with E-state index >= 15 is 0 Å². The quantitative estimate of drug-likeness (QED) is 0.315. The third-order valence-electron chi connectivity index (χ3n) is 12.9. The normalized spacial score (nSPS) is 42.1. The van der Waals surface area contributed by atoms with Gasteiger partial charge in [0.25, 0.3) is 0 Å². The molecule has 0 N–H and O–H groups in total. The fourth-order valence-electron chi connectivity index (χ4n) is 9.73. The van der Waals surface area contributed by atoms with Gasteiger partial charge in [-0.2, -0.15) is 0 Å². The van der Waals surface area contributed by atoms with Crippen molar-refractivity contribution in [2.75, 3.05) is 0 Å². The third-order valence-corrected chi connectivity index (χ3v) is 17.4. The van der Waals surface area contributed by atoms with Crippen LogP contribution in [0, 0.1) is 52.3 Å². The lowest BCUT2D eigenvalue weighted by atomic mass is 9.44. The predicted octanol–water partition coefficient (Wildman–Crippen LogP) is 9.68. The molecule has 0 heterocycles. The molecule has 2 nitrogen and oxygen atoms in total. The van der Waals surface area contributed by atoms with E-state index in [4.69, 9.17) is 4.43 Å². The topological polar surface area (TPSA) is 26.3 Å². The van der Waals surface area contributed by atoms with Crippen LogP contribution in [-0.2, 0) is 9.22 Å². The van der Waals surface area contributed by atoms with E-state index in [1.54, 1.807) is 0 Å².